The van der Waals surface area contributed by atoms with E-state index in [2.05, 4.69) is 11.7 Å². The van der Waals surface area contributed by atoms with Crippen molar-refractivity contribution in [2.45, 2.75) is 20.3 Å². The minimum atomic E-state index is -0.465. The van der Waals surface area contributed by atoms with E-state index in [-0.39, 0.29) is 11.4 Å². The molecule has 5 aromatic rings. The Morgan fingerprint density at radius 2 is 2.00 bits per heavy atom. The van der Waals surface area contributed by atoms with Crippen LogP contribution in [0.25, 0.3) is 33.5 Å². The Bertz CT molecular complexity index is 1820. The van der Waals surface area contributed by atoms with Crippen LogP contribution in [0.4, 0.5) is 0 Å². The molecule has 0 radical (unpaired) electrons. The molecule has 0 saturated carbocycles. The molecule has 5 rings (SSSR count). The van der Waals surface area contributed by atoms with Gasteiger partial charge in [-0.05, 0) is 67.4 Å². The molecule has 2 heterocycles. The van der Waals surface area contributed by atoms with Crippen LogP contribution in [-0.2, 0) is 11.2 Å². The zero-order valence-corrected chi connectivity index (χ0v) is 22.1. The van der Waals surface area contributed by atoms with Gasteiger partial charge in [-0.1, -0.05) is 29.8 Å². The van der Waals surface area contributed by atoms with Crippen LogP contribution in [0.2, 0.25) is 5.02 Å². The smallest absolute Gasteiger partial charge is 0.308 e. The van der Waals surface area contributed by atoms with Crippen molar-refractivity contribution >= 4 is 45.7 Å². The highest BCUT2D eigenvalue weighted by molar-refractivity contribution is 6.31. The summed E-state index contributed by atoms with van der Waals surface area (Å²) in [7, 11) is 0. The Morgan fingerprint density at radius 1 is 1.18 bits per heavy atom. The number of hydrogen-bond acceptors (Lipinski definition) is 7. The van der Waals surface area contributed by atoms with E-state index in [0.717, 1.165) is 5.39 Å². The van der Waals surface area contributed by atoms with E-state index in [1.165, 1.54) is 17.8 Å². The van der Waals surface area contributed by atoms with Crippen molar-refractivity contribution in [1.29, 1.82) is 0 Å². The molecule has 0 bridgehead atoms. The Labute approximate surface area is 228 Å². The molecule has 0 spiro atoms. The van der Waals surface area contributed by atoms with Crippen molar-refractivity contribution in [3.05, 3.63) is 99.8 Å². The molecule has 0 aliphatic rings. The van der Waals surface area contributed by atoms with Crippen molar-refractivity contribution in [3.63, 3.8) is 0 Å². The summed E-state index contributed by atoms with van der Waals surface area (Å²) < 4.78 is 18.4. The first kappa shape index (κ1) is 25.9. The number of ether oxygens (including phenoxy) is 2. The third kappa shape index (κ3) is 5.32. The van der Waals surface area contributed by atoms with Crippen molar-refractivity contribution < 1.29 is 18.7 Å². The van der Waals surface area contributed by atoms with E-state index in [0.29, 0.717) is 62.9 Å². The van der Waals surface area contributed by atoms with E-state index in [1.54, 1.807) is 60.7 Å². The molecule has 0 fully saturated rings. The van der Waals surface area contributed by atoms with Crippen molar-refractivity contribution in [3.8, 4) is 23.1 Å². The van der Waals surface area contributed by atoms with Crippen molar-refractivity contribution in [1.82, 2.24) is 9.66 Å². The second-order valence-corrected chi connectivity index (χ2v) is 9.07. The highest BCUT2D eigenvalue weighted by atomic mass is 35.5. The summed E-state index contributed by atoms with van der Waals surface area (Å²) in [5.74, 6) is 0.836. The van der Waals surface area contributed by atoms with Crippen LogP contribution in [0.3, 0.4) is 0 Å². The number of esters is 1. The lowest BCUT2D eigenvalue weighted by Gasteiger charge is -2.14. The number of para-hydroxylation sites is 1. The van der Waals surface area contributed by atoms with E-state index >= 15 is 0 Å². The summed E-state index contributed by atoms with van der Waals surface area (Å²) in [6, 6.07) is 17.6. The second kappa shape index (κ2) is 11.0. The third-order valence-corrected chi connectivity index (χ3v) is 6.07. The van der Waals surface area contributed by atoms with Crippen LogP contribution in [-0.4, -0.2) is 28.5 Å². The van der Waals surface area contributed by atoms with Crippen LogP contribution in [0.1, 0.15) is 25.0 Å². The topological polar surface area (TPSA) is 95.9 Å². The van der Waals surface area contributed by atoms with Crippen LogP contribution in [0, 0.1) is 0 Å². The van der Waals surface area contributed by atoms with Gasteiger partial charge in [0.25, 0.3) is 5.56 Å². The zero-order valence-electron chi connectivity index (χ0n) is 21.3. The molecular formula is C30H24ClN3O5. The maximum Gasteiger partial charge on any atom is 0.308 e. The minimum absolute atomic E-state index is 0.232. The number of benzene rings is 3. The van der Waals surface area contributed by atoms with E-state index in [9.17, 15) is 9.59 Å². The molecular weight excluding hydrogens is 518 g/mol. The van der Waals surface area contributed by atoms with Crippen LogP contribution in [0.15, 0.2) is 87.6 Å². The van der Waals surface area contributed by atoms with Crippen molar-refractivity contribution in [2.24, 2.45) is 5.10 Å². The Morgan fingerprint density at radius 3 is 2.77 bits per heavy atom. The van der Waals surface area contributed by atoms with Gasteiger partial charge in [0.2, 0.25) is 5.82 Å². The summed E-state index contributed by atoms with van der Waals surface area (Å²) in [5.41, 5.74) is 2.06. The SMILES string of the molecule is C=CCc1cc(C=Nn2c(-c3cc4cc(Cl)ccc4o3)nc3ccccc3c2=O)cc(OCC)c1OC(C)=O. The molecule has 0 saturated heterocycles. The fraction of sp³-hybridized carbons (Fsp3) is 0.133. The van der Waals surface area contributed by atoms with Crippen LogP contribution >= 0.6 is 11.6 Å². The Hall–Kier alpha value is -4.69. The Balaban J connectivity index is 1.68. The Kier molecular flexibility index (Phi) is 7.29. The average Bonchev–Trinajstić information content (AvgIpc) is 3.33. The fourth-order valence-electron chi connectivity index (χ4n) is 4.23. The first-order valence-electron chi connectivity index (χ1n) is 12.2. The number of allylic oxidation sites excluding steroid dienone is 1. The van der Waals surface area contributed by atoms with Gasteiger partial charge in [0.05, 0.1) is 23.7 Å². The maximum absolute atomic E-state index is 13.6. The predicted molar refractivity (Wildman–Crippen MR) is 152 cm³/mol. The molecule has 0 amide bonds. The molecule has 0 aliphatic heterocycles. The number of furan rings is 1. The van der Waals surface area contributed by atoms with Gasteiger partial charge in [-0.15, -0.1) is 6.58 Å². The molecule has 2 aromatic heterocycles. The monoisotopic (exact) mass is 541 g/mol. The first-order chi connectivity index (χ1) is 18.9. The lowest BCUT2D eigenvalue weighted by atomic mass is 10.1. The van der Waals surface area contributed by atoms with E-state index in [1.807, 2.05) is 13.0 Å². The average molecular weight is 542 g/mol. The largest absolute Gasteiger partial charge is 0.490 e. The summed E-state index contributed by atoms with van der Waals surface area (Å²) >= 11 is 6.16. The number of aromatic nitrogens is 2. The molecule has 196 valence electrons. The van der Waals surface area contributed by atoms with Gasteiger partial charge in [0.15, 0.2) is 17.3 Å². The van der Waals surface area contributed by atoms with E-state index in [4.69, 9.17) is 30.5 Å². The fourth-order valence-corrected chi connectivity index (χ4v) is 4.41. The number of carbonyl (C=O) groups excluding carboxylic acids is 1. The number of hydrogen-bond donors (Lipinski definition) is 0. The zero-order chi connectivity index (χ0) is 27.5. The van der Waals surface area contributed by atoms with Gasteiger partial charge in [-0.2, -0.15) is 9.78 Å². The second-order valence-electron chi connectivity index (χ2n) is 8.63. The number of carbonyl (C=O) groups is 1. The number of fused-ring (bicyclic) bond motifs is 2. The molecule has 0 unspecified atom stereocenters. The van der Waals surface area contributed by atoms with Gasteiger partial charge < -0.3 is 13.9 Å². The standard InChI is InChI=1S/C30H24ClN3O5/c1-4-8-20-13-19(14-26(37-5-2)28(20)38-18(3)35)17-32-34-29(33-24-10-7-6-9-23(24)30(34)36)27-16-21-15-22(31)11-12-25(21)39-27/h4,6-7,9-17H,1,5,8H2,2-3H3. The third-order valence-electron chi connectivity index (χ3n) is 5.84. The quantitative estimate of drug-likeness (QED) is 0.0976. The summed E-state index contributed by atoms with van der Waals surface area (Å²) in [6.07, 6.45) is 3.64. The molecule has 3 aromatic carbocycles. The van der Waals surface area contributed by atoms with E-state index < -0.39 is 5.97 Å². The van der Waals surface area contributed by atoms with Gasteiger partial charge in [0.1, 0.15) is 5.58 Å². The predicted octanol–water partition coefficient (Wildman–Crippen LogP) is 6.40. The normalized spacial score (nSPS) is 11.4. The highest BCUT2D eigenvalue weighted by Gasteiger charge is 2.18. The highest BCUT2D eigenvalue weighted by Crippen LogP contribution is 2.34. The first-order valence-corrected chi connectivity index (χ1v) is 12.6. The maximum atomic E-state index is 13.6. The summed E-state index contributed by atoms with van der Waals surface area (Å²) in [4.78, 5) is 30.0. The lowest BCUT2D eigenvalue weighted by Crippen LogP contribution is -2.20. The lowest BCUT2D eigenvalue weighted by molar-refractivity contribution is -0.132. The molecule has 39 heavy (non-hydrogen) atoms. The molecule has 0 N–H and O–H groups in total. The molecule has 0 atom stereocenters. The summed E-state index contributed by atoms with van der Waals surface area (Å²) in [5, 5.41) is 6.27. The minimum Gasteiger partial charge on any atom is -0.490 e. The molecule has 8 nitrogen and oxygen atoms in total. The summed E-state index contributed by atoms with van der Waals surface area (Å²) in [6.45, 7) is 7.32. The number of nitrogens with zero attached hydrogens (tertiary/aromatic N) is 3. The number of halogens is 1. The van der Waals surface area contributed by atoms with Gasteiger partial charge in [-0.25, -0.2) is 4.98 Å². The van der Waals surface area contributed by atoms with Crippen LogP contribution in [0.5, 0.6) is 11.5 Å². The molecule has 0 aliphatic carbocycles. The van der Waals surface area contributed by atoms with Crippen molar-refractivity contribution in [2.75, 3.05) is 6.61 Å². The van der Waals surface area contributed by atoms with Gasteiger partial charge >= 0.3 is 5.97 Å². The molecule has 9 heteroatoms. The van der Waals surface area contributed by atoms with Crippen LogP contribution < -0.4 is 15.0 Å². The van der Waals surface area contributed by atoms with Gasteiger partial charge in [-0.3, -0.25) is 9.59 Å². The van der Waals surface area contributed by atoms with Gasteiger partial charge in [0, 0.05) is 22.9 Å². The number of rotatable bonds is 8.